The fraction of sp³-hybridized carbons (Fsp3) is 0.455. The lowest BCUT2D eigenvalue weighted by molar-refractivity contribution is 0.149. The highest BCUT2D eigenvalue weighted by Crippen LogP contribution is 2.21. The second-order valence-electron chi connectivity index (χ2n) is 3.68. The van der Waals surface area contributed by atoms with Crippen molar-refractivity contribution in [3.05, 3.63) is 27.7 Å². The smallest absolute Gasteiger partial charge is 0.269 e. The van der Waals surface area contributed by atoms with Gasteiger partial charge in [0.05, 0.1) is 17.6 Å². The number of hydrogen-bond acceptors (Lipinski definition) is 2. The molecule has 0 amide bonds. The number of rotatable bonds is 4. The highest BCUT2D eigenvalue weighted by Gasteiger charge is 2.14. The minimum Gasteiger partial charge on any atom is -0.366 e. The molecule has 0 fully saturated rings. The zero-order chi connectivity index (χ0) is 13.0. The maximum Gasteiger partial charge on any atom is 0.269 e. The van der Waals surface area contributed by atoms with Crippen LogP contribution in [-0.2, 0) is 0 Å². The molecule has 0 saturated carbocycles. The molecule has 1 rings (SSSR count). The van der Waals surface area contributed by atoms with Gasteiger partial charge in [0.1, 0.15) is 0 Å². The first kappa shape index (κ1) is 13.3. The van der Waals surface area contributed by atoms with Crippen molar-refractivity contribution in [2.75, 3.05) is 13.6 Å². The molecule has 0 bridgehead atoms. The van der Waals surface area contributed by atoms with E-state index in [1.165, 1.54) is 6.34 Å². The Bertz CT molecular complexity index is 468. The number of aryl methyl sites for hydroxylation is 1. The average molecular weight is 243 g/mol. The summed E-state index contributed by atoms with van der Waals surface area (Å²) in [7, 11) is 1.82. The van der Waals surface area contributed by atoms with Crippen molar-refractivity contribution >= 4 is 12.0 Å². The molecular formula is C11H15F2N3O. The van der Waals surface area contributed by atoms with E-state index in [0.717, 1.165) is 12.6 Å². The van der Waals surface area contributed by atoms with Gasteiger partial charge in [-0.15, -0.1) is 0 Å². The van der Waals surface area contributed by atoms with Crippen LogP contribution < -0.4 is 5.56 Å². The van der Waals surface area contributed by atoms with Gasteiger partial charge in [0.2, 0.25) is 0 Å². The van der Waals surface area contributed by atoms with Crippen LogP contribution in [0.4, 0.5) is 14.5 Å². The second-order valence-corrected chi connectivity index (χ2v) is 3.68. The topological polar surface area (TPSA) is 48.5 Å². The highest BCUT2D eigenvalue weighted by molar-refractivity contribution is 5.62. The Labute approximate surface area is 98.0 Å². The predicted molar refractivity (Wildman–Crippen MR) is 63.2 cm³/mol. The van der Waals surface area contributed by atoms with Gasteiger partial charge in [0.25, 0.3) is 12.0 Å². The number of aromatic amines is 1. The van der Waals surface area contributed by atoms with Crippen molar-refractivity contribution in [2.24, 2.45) is 4.99 Å². The van der Waals surface area contributed by atoms with E-state index >= 15 is 0 Å². The molecule has 1 aromatic rings. The van der Waals surface area contributed by atoms with Crippen molar-refractivity contribution < 1.29 is 8.78 Å². The lowest BCUT2D eigenvalue weighted by Gasteiger charge is -2.09. The predicted octanol–water partition coefficient (Wildman–Crippen LogP) is 2.23. The molecular weight excluding hydrogens is 228 g/mol. The van der Waals surface area contributed by atoms with Crippen LogP contribution in [0.25, 0.3) is 0 Å². The van der Waals surface area contributed by atoms with Crippen LogP contribution >= 0.6 is 0 Å². The molecule has 0 aromatic carbocycles. The van der Waals surface area contributed by atoms with Gasteiger partial charge in [0, 0.05) is 19.3 Å². The maximum absolute atomic E-state index is 12.5. The zero-order valence-corrected chi connectivity index (χ0v) is 10.00. The van der Waals surface area contributed by atoms with Crippen LogP contribution in [0.3, 0.4) is 0 Å². The molecule has 0 aliphatic rings. The maximum atomic E-state index is 12.5. The number of pyridine rings is 1. The van der Waals surface area contributed by atoms with Crippen LogP contribution in [-0.4, -0.2) is 29.8 Å². The lowest BCUT2D eigenvalue weighted by atomic mass is 10.2. The Morgan fingerprint density at radius 2 is 2.24 bits per heavy atom. The van der Waals surface area contributed by atoms with E-state index in [1.807, 2.05) is 14.0 Å². The fourth-order valence-corrected chi connectivity index (χ4v) is 1.17. The van der Waals surface area contributed by atoms with E-state index in [9.17, 15) is 13.6 Å². The van der Waals surface area contributed by atoms with E-state index in [1.54, 1.807) is 11.8 Å². The molecule has 0 atom stereocenters. The Morgan fingerprint density at radius 3 is 2.76 bits per heavy atom. The third-order valence-corrected chi connectivity index (χ3v) is 2.37. The van der Waals surface area contributed by atoms with Gasteiger partial charge in [-0.3, -0.25) is 4.79 Å². The first-order chi connectivity index (χ1) is 7.95. The molecule has 17 heavy (non-hydrogen) atoms. The summed E-state index contributed by atoms with van der Waals surface area (Å²) in [6.07, 6.45) is -1.26. The summed E-state index contributed by atoms with van der Waals surface area (Å²) >= 11 is 0. The average Bonchev–Trinajstić information content (AvgIpc) is 2.26. The van der Waals surface area contributed by atoms with E-state index in [-0.39, 0.29) is 0 Å². The van der Waals surface area contributed by atoms with Crippen molar-refractivity contribution in [3.8, 4) is 0 Å². The molecule has 1 aromatic heterocycles. The number of hydrogen-bond donors (Lipinski definition) is 1. The molecule has 0 radical (unpaired) electrons. The molecule has 0 aliphatic carbocycles. The van der Waals surface area contributed by atoms with E-state index < -0.39 is 17.5 Å². The van der Waals surface area contributed by atoms with E-state index in [4.69, 9.17) is 0 Å². The van der Waals surface area contributed by atoms with Crippen LogP contribution in [0.5, 0.6) is 0 Å². The summed E-state index contributed by atoms with van der Waals surface area (Å²) < 4.78 is 25.0. The summed E-state index contributed by atoms with van der Waals surface area (Å²) in [4.78, 5) is 19.4. The monoisotopic (exact) mass is 243 g/mol. The SMILES string of the molecule is CCN(C)C=Nc1cc(C(F)F)c(=O)[nH]c1C. The van der Waals surface area contributed by atoms with Crippen LogP contribution in [0, 0.1) is 6.92 Å². The molecule has 0 unspecified atom stereocenters. The summed E-state index contributed by atoms with van der Waals surface area (Å²) in [5, 5.41) is 0. The fourth-order valence-electron chi connectivity index (χ4n) is 1.17. The van der Waals surface area contributed by atoms with E-state index in [0.29, 0.717) is 11.4 Å². The molecule has 4 nitrogen and oxygen atoms in total. The van der Waals surface area contributed by atoms with Gasteiger partial charge in [-0.25, -0.2) is 13.8 Å². The molecule has 1 heterocycles. The summed E-state index contributed by atoms with van der Waals surface area (Å²) in [5.41, 5.74) is -0.498. The molecule has 0 spiro atoms. The van der Waals surface area contributed by atoms with E-state index in [2.05, 4.69) is 9.98 Å². The summed E-state index contributed by atoms with van der Waals surface area (Å²) in [6.45, 7) is 4.32. The third-order valence-electron chi connectivity index (χ3n) is 2.37. The van der Waals surface area contributed by atoms with Gasteiger partial charge in [0.15, 0.2) is 0 Å². The van der Waals surface area contributed by atoms with Crippen molar-refractivity contribution in [1.82, 2.24) is 9.88 Å². The summed E-state index contributed by atoms with van der Waals surface area (Å²) in [6, 6.07) is 1.12. The molecule has 0 saturated heterocycles. The standard InChI is InChI=1S/C11H15F2N3O/c1-4-16(3)6-14-9-5-8(10(12)13)11(17)15-7(9)2/h5-6,10H,4H2,1-3H3,(H,15,17). The normalized spacial score (nSPS) is 11.4. The van der Waals surface area contributed by atoms with Crippen LogP contribution in [0.15, 0.2) is 15.9 Å². The Morgan fingerprint density at radius 1 is 1.59 bits per heavy atom. The van der Waals surface area contributed by atoms with Crippen molar-refractivity contribution in [3.63, 3.8) is 0 Å². The second kappa shape index (κ2) is 5.56. The van der Waals surface area contributed by atoms with Gasteiger partial charge < -0.3 is 9.88 Å². The molecule has 6 heteroatoms. The number of H-pyrrole nitrogens is 1. The van der Waals surface area contributed by atoms with Crippen LogP contribution in [0.1, 0.15) is 24.6 Å². The minimum atomic E-state index is -2.79. The number of alkyl halides is 2. The van der Waals surface area contributed by atoms with Crippen molar-refractivity contribution in [1.29, 1.82) is 0 Å². The lowest BCUT2D eigenvalue weighted by Crippen LogP contribution is -2.15. The van der Waals surface area contributed by atoms with Gasteiger partial charge in [-0.2, -0.15) is 0 Å². The van der Waals surface area contributed by atoms with Crippen molar-refractivity contribution in [2.45, 2.75) is 20.3 Å². The Kier molecular flexibility index (Phi) is 4.37. The Hall–Kier alpha value is -1.72. The first-order valence-corrected chi connectivity index (χ1v) is 5.22. The quantitative estimate of drug-likeness (QED) is 0.651. The number of aliphatic imine (C=N–C) groups is 1. The third kappa shape index (κ3) is 3.37. The summed E-state index contributed by atoms with van der Waals surface area (Å²) in [5.74, 6) is 0. The molecule has 94 valence electrons. The molecule has 0 aliphatic heterocycles. The number of aromatic nitrogens is 1. The minimum absolute atomic E-state index is 0.347. The Balaban J connectivity index is 3.12. The highest BCUT2D eigenvalue weighted by atomic mass is 19.3. The first-order valence-electron chi connectivity index (χ1n) is 5.22. The van der Waals surface area contributed by atoms with Crippen LogP contribution in [0.2, 0.25) is 0 Å². The zero-order valence-electron chi connectivity index (χ0n) is 10.00. The largest absolute Gasteiger partial charge is 0.366 e. The molecule has 1 N–H and O–H groups in total. The number of nitrogens with one attached hydrogen (secondary N) is 1. The van der Waals surface area contributed by atoms with Gasteiger partial charge >= 0.3 is 0 Å². The van der Waals surface area contributed by atoms with Gasteiger partial charge in [-0.1, -0.05) is 0 Å². The number of nitrogens with zero attached hydrogens (tertiary/aromatic N) is 2. The van der Waals surface area contributed by atoms with Gasteiger partial charge in [-0.05, 0) is 19.9 Å². The number of halogens is 2.